The summed E-state index contributed by atoms with van der Waals surface area (Å²) in [6, 6.07) is 5.87. The van der Waals surface area contributed by atoms with Crippen LogP contribution >= 0.6 is 0 Å². The summed E-state index contributed by atoms with van der Waals surface area (Å²) in [5, 5.41) is 3.06. The fourth-order valence-electron chi connectivity index (χ4n) is 1.04. The molecule has 1 unspecified atom stereocenters. The zero-order valence-corrected chi connectivity index (χ0v) is 7.33. The Hall–Kier alpha value is -0.930. The zero-order chi connectivity index (χ0) is 8.81. The quantitative estimate of drug-likeness (QED) is 0.690. The number of hydrogen-bond donors (Lipinski definition) is 2. The molecule has 1 atom stereocenters. The number of pyridine rings is 1. The van der Waals surface area contributed by atoms with Gasteiger partial charge in [0, 0.05) is 12.2 Å². The average molecular weight is 165 g/mol. The topological polar surface area (TPSA) is 50.9 Å². The maximum atomic E-state index is 5.88. The van der Waals surface area contributed by atoms with E-state index in [0.29, 0.717) is 0 Å². The van der Waals surface area contributed by atoms with Gasteiger partial charge in [-0.05, 0) is 32.1 Å². The first-order valence-corrected chi connectivity index (χ1v) is 4.15. The number of rotatable bonds is 4. The number of nitrogens with zero attached hydrogens (tertiary/aromatic N) is 1. The second-order valence-corrected chi connectivity index (χ2v) is 2.75. The van der Waals surface area contributed by atoms with Crippen LogP contribution in [0.4, 0.5) is 0 Å². The van der Waals surface area contributed by atoms with E-state index in [1.807, 2.05) is 25.2 Å². The van der Waals surface area contributed by atoms with Crippen molar-refractivity contribution in [2.45, 2.75) is 12.5 Å². The van der Waals surface area contributed by atoms with Gasteiger partial charge in [0.05, 0.1) is 5.69 Å². The van der Waals surface area contributed by atoms with E-state index in [-0.39, 0.29) is 6.04 Å². The summed E-state index contributed by atoms with van der Waals surface area (Å²) in [5.41, 5.74) is 6.84. The molecular weight excluding hydrogens is 150 g/mol. The minimum atomic E-state index is 0.0543. The van der Waals surface area contributed by atoms with E-state index in [2.05, 4.69) is 10.3 Å². The Morgan fingerprint density at radius 1 is 1.58 bits per heavy atom. The van der Waals surface area contributed by atoms with Crippen LogP contribution in [-0.4, -0.2) is 18.6 Å². The summed E-state index contributed by atoms with van der Waals surface area (Å²) in [5.74, 6) is 0. The van der Waals surface area contributed by atoms with Crippen molar-refractivity contribution in [2.24, 2.45) is 5.73 Å². The highest BCUT2D eigenvalue weighted by Gasteiger charge is 2.04. The highest BCUT2D eigenvalue weighted by molar-refractivity contribution is 5.07. The molecule has 3 nitrogen and oxygen atoms in total. The first kappa shape index (κ1) is 9.16. The van der Waals surface area contributed by atoms with Crippen LogP contribution in [0.3, 0.4) is 0 Å². The molecule has 1 aromatic heterocycles. The Kier molecular flexibility index (Phi) is 3.70. The van der Waals surface area contributed by atoms with Gasteiger partial charge in [0.25, 0.3) is 0 Å². The summed E-state index contributed by atoms with van der Waals surface area (Å²) in [4.78, 5) is 4.18. The van der Waals surface area contributed by atoms with Crippen LogP contribution in [0.5, 0.6) is 0 Å². The van der Waals surface area contributed by atoms with Gasteiger partial charge >= 0.3 is 0 Å². The van der Waals surface area contributed by atoms with Gasteiger partial charge in [-0.25, -0.2) is 0 Å². The molecule has 0 saturated heterocycles. The molecule has 1 heterocycles. The Bertz CT molecular complexity index is 210. The molecule has 1 aromatic rings. The molecular formula is C9H15N3. The molecule has 12 heavy (non-hydrogen) atoms. The molecule has 3 heteroatoms. The smallest absolute Gasteiger partial charge is 0.0571 e. The molecule has 0 aromatic carbocycles. The number of nitrogens with two attached hydrogens (primary N) is 1. The molecule has 0 aliphatic carbocycles. The lowest BCUT2D eigenvalue weighted by molar-refractivity contribution is 0.602. The van der Waals surface area contributed by atoms with Crippen molar-refractivity contribution in [1.82, 2.24) is 10.3 Å². The highest BCUT2D eigenvalue weighted by atomic mass is 14.8. The van der Waals surface area contributed by atoms with E-state index in [4.69, 9.17) is 5.73 Å². The fourth-order valence-corrected chi connectivity index (χ4v) is 1.04. The van der Waals surface area contributed by atoms with Crippen molar-refractivity contribution < 1.29 is 0 Å². The van der Waals surface area contributed by atoms with Gasteiger partial charge in [-0.2, -0.15) is 0 Å². The van der Waals surface area contributed by atoms with Gasteiger partial charge in [-0.3, -0.25) is 4.98 Å². The highest BCUT2D eigenvalue weighted by Crippen LogP contribution is 2.08. The van der Waals surface area contributed by atoms with Crippen LogP contribution in [-0.2, 0) is 0 Å². The van der Waals surface area contributed by atoms with E-state index >= 15 is 0 Å². The Labute approximate surface area is 73.0 Å². The van der Waals surface area contributed by atoms with E-state index in [0.717, 1.165) is 18.7 Å². The molecule has 66 valence electrons. The van der Waals surface area contributed by atoms with Gasteiger partial charge in [0.2, 0.25) is 0 Å². The van der Waals surface area contributed by atoms with Crippen LogP contribution in [0.1, 0.15) is 18.2 Å². The number of nitrogens with one attached hydrogen (secondary N) is 1. The SMILES string of the molecule is CNCCC(N)c1ccccn1. The number of hydrogen-bond acceptors (Lipinski definition) is 3. The Morgan fingerprint density at radius 3 is 3.00 bits per heavy atom. The lowest BCUT2D eigenvalue weighted by Gasteiger charge is -2.09. The van der Waals surface area contributed by atoms with Crippen molar-refractivity contribution in [3.63, 3.8) is 0 Å². The monoisotopic (exact) mass is 165 g/mol. The third kappa shape index (κ3) is 2.60. The van der Waals surface area contributed by atoms with E-state index in [1.165, 1.54) is 0 Å². The summed E-state index contributed by atoms with van der Waals surface area (Å²) in [6.07, 6.45) is 2.70. The molecule has 0 amide bonds. The first-order valence-electron chi connectivity index (χ1n) is 4.15. The van der Waals surface area contributed by atoms with Crippen molar-refractivity contribution >= 4 is 0 Å². The van der Waals surface area contributed by atoms with Crippen LogP contribution in [0.25, 0.3) is 0 Å². The standard InChI is InChI=1S/C9H15N3/c1-11-7-5-8(10)9-4-2-3-6-12-9/h2-4,6,8,11H,5,7,10H2,1H3. The second kappa shape index (κ2) is 4.85. The molecule has 0 radical (unpaired) electrons. The van der Waals surface area contributed by atoms with E-state index < -0.39 is 0 Å². The third-order valence-electron chi connectivity index (χ3n) is 1.77. The molecule has 0 saturated carbocycles. The third-order valence-corrected chi connectivity index (χ3v) is 1.77. The Balaban J connectivity index is 2.48. The normalized spacial score (nSPS) is 12.8. The van der Waals surface area contributed by atoms with Crippen LogP contribution < -0.4 is 11.1 Å². The second-order valence-electron chi connectivity index (χ2n) is 2.75. The molecule has 0 aliphatic heterocycles. The predicted molar refractivity (Wildman–Crippen MR) is 49.7 cm³/mol. The van der Waals surface area contributed by atoms with Crippen LogP contribution in [0, 0.1) is 0 Å². The summed E-state index contributed by atoms with van der Waals surface area (Å²) in [7, 11) is 1.92. The summed E-state index contributed by atoms with van der Waals surface area (Å²) >= 11 is 0. The predicted octanol–water partition coefficient (Wildman–Crippen LogP) is 0.691. The minimum absolute atomic E-state index is 0.0543. The Morgan fingerprint density at radius 2 is 2.42 bits per heavy atom. The average Bonchev–Trinajstić information content (AvgIpc) is 2.15. The van der Waals surface area contributed by atoms with Crippen molar-refractivity contribution in [2.75, 3.05) is 13.6 Å². The van der Waals surface area contributed by atoms with Gasteiger partial charge in [-0.1, -0.05) is 6.07 Å². The molecule has 0 aliphatic rings. The summed E-state index contributed by atoms with van der Waals surface area (Å²) < 4.78 is 0. The van der Waals surface area contributed by atoms with Gasteiger partial charge < -0.3 is 11.1 Å². The van der Waals surface area contributed by atoms with Crippen LogP contribution in [0.15, 0.2) is 24.4 Å². The van der Waals surface area contributed by atoms with Gasteiger partial charge in [0.15, 0.2) is 0 Å². The largest absolute Gasteiger partial charge is 0.323 e. The maximum Gasteiger partial charge on any atom is 0.0571 e. The summed E-state index contributed by atoms with van der Waals surface area (Å²) in [6.45, 7) is 0.928. The van der Waals surface area contributed by atoms with E-state index in [1.54, 1.807) is 6.20 Å². The van der Waals surface area contributed by atoms with E-state index in [9.17, 15) is 0 Å². The molecule has 0 spiro atoms. The minimum Gasteiger partial charge on any atom is -0.323 e. The van der Waals surface area contributed by atoms with Gasteiger partial charge in [-0.15, -0.1) is 0 Å². The molecule has 3 N–H and O–H groups in total. The van der Waals surface area contributed by atoms with Gasteiger partial charge in [0.1, 0.15) is 0 Å². The lowest BCUT2D eigenvalue weighted by atomic mass is 10.1. The lowest BCUT2D eigenvalue weighted by Crippen LogP contribution is -2.18. The van der Waals surface area contributed by atoms with Crippen LogP contribution in [0.2, 0.25) is 0 Å². The maximum absolute atomic E-state index is 5.88. The molecule has 1 rings (SSSR count). The van der Waals surface area contributed by atoms with Crippen molar-refractivity contribution in [3.8, 4) is 0 Å². The zero-order valence-electron chi connectivity index (χ0n) is 7.33. The molecule has 0 bridgehead atoms. The molecule has 0 fully saturated rings. The van der Waals surface area contributed by atoms with Crippen molar-refractivity contribution in [3.05, 3.63) is 30.1 Å². The fraction of sp³-hybridized carbons (Fsp3) is 0.444. The number of aromatic nitrogens is 1. The van der Waals surface area contributed by atoms with Crippen molar-refractivity contribution in [1.29, 1.82) is 0 Å². The first-order chi connectivity index (χ1) is 5.84.